The van der Waals surface area contributed by atoms with Crippen molar-refractivity contribution in [2.75, 3.05) is 18.5 Å². The van der Waals surface area contributed by atoms with Gasteiger partial charge in [0.1, 0.15) is 5.82 Å². The third-order valence-corrected chi connectivity index (χ3v) is 3.33. The van der Waals surface area contributed by atoms with Gasteiger partial charge in [-0.25, -0.2) is 14.0 Å². The molecule has 138 valence electrons. The summed E-state index contributed by atoms with van der Waals surface area (Å²) in [6.07, 6.45) is 0. The SMILES string of the molecule is CCOC(=O)c1ccc(NC(=O)COC(=O)c2ccc(C#N)cc2F)cc1. The highest BCUT2D eigenvalue weighted by Crippen LogP contribution is 2.13. The first-order valence-corrected chi connectivity index (χ1v) is 7.88. The fourth-order valence-corrected chi connectivity index (χ4v) is 2.06. The minimum absolute atomic E-state index is 0.0630. The lowest BCUT2D eigenvalue weighted by atomic mass is 10.1. The molecule has 0 aliphatic carbocycles. The minimum atomic E-state index is -1.02. The second-order valence-corrected chi connectivity index (χ2v) is 5.23. The summed E-state index contributed by atoms with van der Waals surface area (Å²) in [5, 5.41) is 11.1. The molecule has 0 spiro atoms. The average Bonchev–Trinajstić information content (AvgIpc) is 2.66. The number of benzene rings is 2. The largest absolute Gasteiger partial charge is 0.462 e. The summed E-state index contributed by atoms with van der Waals surface area (Å²) in [7, 11) is 0. The van der Waals surface area contributed by atoms with Crippen LogP contribution in [0.4, 0.5) is 10.1 Å². The fraction of sp³-hybridized carbons (Fsp3) is 0.158. The van der Waals surface area contributed by atoms with Gasteiger partial charge in [0.15, 0.2) is 6.61 Å². The first-order valence-electron chi connectivity index (χ1n) is 7.88. The summed E-state index contributed by atoms with van der Waals surface area (Å²) in [5.74, 6) is -3.05. The summed E-state index contributed by atoms with van der Waals surface area (Å²) >= 11 is 0. The van der Waals surface area contributed by atoms with Crippen molar-refractivity contribution in [3.63, 3.8) is 0 Å². The van der Waals surface area contributed by atoms with E-state index in [1.54, 1.807) is 13.0 Å². The normalized spacial score (nSPS) is 9.81. The van der Waals surface area contributed by atoms with E-state index in [1.165, 1.54) is 30.3 Å². The number of hydrogen-bond acceptors (Lipinski definition) is 6. The van der Waals surface area contributed by atoms with Gasteiger partial charge in [-0.3, -0.25) is 4.79 Å². The Kier molecular flexibility index (Phi) is 6.61. The molecule has 0 aromatic heterocycles. The van der Waals surface area contributed by atoms with Crippen LogP contribution in [0.25, 0.3) is 0 Å². The summed E-state index contributed by atoms with van der Waals surface area (Å²) in [6, 6.07) is 11.0. The fourth-order valence-electron chi connectivity index (χ4n) is 2.06. The van der Waals surface area contributed by atoms with Gasteiger partial charge in [0, 0.05) is 5.69 Å². The number of esters is 2. The third-order valence-electron chi connectivity index (χ3n) is 3.33. The Morgan fingerprint density at radius 2 is 1.78 bits per heavy atom. The molecule has 0 bridgehead atoms. The van der Waals surface area contributed by atoms with Gasteiger partial charge in [0.2, 0.25) is 0 Å². The number of rotatable bonds is 6. The van der Waals surface area contributed by atoms with Gasteiger partial charge in [0.25, 0.3) is 5.91 Å². The van der Waals surface area contributed by atoms with Gasteiger partial charge in [-0.1, -0.05) is 0 Å². The standard InChI is InChI=1S/C19H15FN2O5/c1-2-26-18(24)13-4-6-14(7-5-13)22-17(23)11-27-19(25)15-8-3-12(10-21)9-16(15)20/h3-9H,2,11H2,1H3,(H,22,23). The average molecular weight is 370 g/mol. The highest BCUT2D eigenvalue weighted by molar-refractivity contribution is 5.96. The number of anilines is 1. The zero-order chi connectivity index (χ0) is 19.8. The molecule has 2 aromatic rings. The number of carbonyl (C=O) groups is 3. The van der Waals surface area contributed by atoms with Crippen LogP contribution in [0.1, 0.15) is 33.2 Å². The Labute approximate surface area is 154 Å². The molecule has 7 nitrogen and oxygen atoms in total. The lowest BCUT2D eigenvalue weighted by Gasteiger charge is -2.08. The number of amides is 1. The summed E-state index contributed by atoms with van der Waals surface area (Å²) in [5.41, 5.74) is 0.403. The van der Waals surface area contributed by atoms with E-state index >= 15 is 0 Å². The van der Waals surface area contributed by atoms with Crippen molar-refractivity contribution in [3.8, 4) is 6.07 Å². The van der Waals surface area contributed by atoms with Gasteiger partial charge >= 0.3 is 11.9 Å². The summed E-state index contributed by atoms with van der Waals surface area (Å²) in [6.45, 7) is 1.32. The van der Waals surface area contributed by atoms with Crippen molar-refractivity contribution in [2.45, 2.75) is 6.92 Å². The molecule has 27 heavy (non-hydrogen) atoms. The summed E-state index contributed by atoms with van der Waals surface area (Å²) < 4.78 is 23.3. The number of halogens is 1. The van der Waals surface area contributed by atoms with E-state index in [2.05, 4.69) is 5.32 Å². The van der Waals surface area contributed by atoms with Gasteiger partial charge < -0.3 is 14.8 Å². The molecule has 0 radical (unpaired) electrons. The maximum Gasteiger partial charge on any atom is 0.341 e. The van der Waals surface area contributed by atoms with E-state index in [0.29, 0.717) is 11.3 Å². The van der Waals surface area contributed by atoms with Crippen molar-refractivity contribution in [1.29, 1.82) is 5.26 Å². The molecule has 0 aliphatic rings. The molecule has 1 N–H and O–H groups in total. The molecule has 8 heteroatoms. The molecule has 0 unspecified atom stereocenters. The lowest BCUT2D eigenvalue weighted by Crippen LogP contribution is -2.21. The molecule has 0 saturated carbocycles. The zero-order valence-corrected chi connectivity index (χ0v) is 14.3. The van der Waals surface area contributed by atoms with Crippen LogP contribution >= 0.6 is 0 Å². The van der Waals surface area contributed by atoms with E-state index in [0.717, 1.165) is 12.1 Å². The van der Waals surface area contributed by atoms with E-state index in [4.69, 9.17) is 14.7 Å². The van der Waals surface area contributed by atoms with Crippen molar-refractivity contribution in [1.82, 2.24) is 0 Å². The molecule has 2 rings (SSSR count). The third kappa shape index (κ3) is 5.37. The number of carbonyl (C=O) groups excluding carboxylic acids is 3. The molecular formula is C19H15FN2O5. The number of hydrogen-bond donors (Lipinski definition) is 1. The van der Waals surface area contributed by atoms with E-state index in [1.807, 2.05) is 0 Å². The Morgan fingerprint density at radius 1 is 1.07 bits per heavy atom. The van der Waals surface area contributed by atoms with E-state index in [-0.39, 0.29) is 17.7 Å². The number of nitrogens with one attached hydrogen (secondary N) is 1. The molecule has 2 aromatic carbocycles. The van der Waals surface area contributed by atoms with Gasteiger partial charge in [0.05, 0.1) is 29.4 Å². The highest BCUT2D eigenvalue weighted by Gasteiger charge is 2.15. The van der Waals surface area contributed by atoms with Crippen LogP contribution in [0, 0.1) is 17.1 Å². The maximum absolute atomic E-state index is 13.7. The van der Waals surface area contributed by atoms with Gasteiger partial charge in [-0.05, 0) is 49.4 Å². The summed E-state index contributed by atoms with van der Waals surface area (Å²) in [4.78, 5) is 35.2. The Morgan fingerprint density at radius 3 is 2.37 bits per heavy atom. The number of nitrogens with zero attached hydrogens (tertiary/aromatic N) is 1. The van der Waals surface area contributed by atoms with Crippen LogP contribution in [-0.2, 0) is 14.3 Å². The lowest BCUT2D eigenvalue weighted by molar-refractivity contribution is -0.119. The Hall–Kier alpha value is -3.73. The Bertz CT molecular complexity index is 903. The molecule has 1 amide bonds. The zero-order valence-electron chi connectivity index (χ0n) is 14.3. The maximum atomic E-state index is 13.7. The van der Waals surface area contributed by atoms with Crippen LogP contribution in [0.3, 0.4) is 0 Å². The van der Waals surface area contributed by atoms with E-state index < -0.39 is 30.3 Å². The molecule has 0 fully saturated rings. The quantitative estimate of drug-likeness (QED) is 0.784. The predicted molar refractivity (Wildman–Crippen MR) is 92.4 cm³/mol. The van der Waals surface area contributed by atoms with Crippen LogP contribution in [0.15, 0.2) is 42.5 Å². The molecule has 0 heterocycles. The van der Waals surface area contributed by atoms with Crippen LogP contribution in [0.5, 0.6) is 0 Å². The second kappa shape index (κ2) is 9.10. The molecule has 0 atom stereocenters. The molecule has 0 aliphatic heterocycles. The van der Waals surface area contributed by atoms with Crippen LogP contribution in [-0.4, -0.2) is 31.1 Å². The van der Waals surface area contributed by atoms with Crippen LogP contribution in [0.2, 0.25) is 0 Å². The topological polar surface area (TPSA) is 105 Å². The number of nitriles is 1. The number of ether oxygens (including phenoxy) is 2. The minimum Gasteiger partial charge on any atom is -0.462 e. The smallest absolute Gasteiger partial charge is 0.341 e. The van der Waals surface area contributed by atoms with Crippen molar-refractivity contribution < 1.29 is 28.2 Å². The molecular weight excluding hydrogens is 355 g/mol. The highest BCUT2D eigenvalue weighted by atomic mass is 19.1. The van der Waals surface area contributed by atoms with Gasteiger partial charge in [-0.15, -0.1) is 0 Å². The first-order chi connectivity index (χ1) is 12.9. The predicted octanol–water partition coefficient (Wildman–Crippen LogP) is 2.67. The van der Waals surface area contributed by atoms with Crippen LogP contribution < -0.4 is 5.32 Å². The van der Waals surface area contributed by atoms with Crippen molar-refractivity contribution in [3.05, 3.63) is 65.0 Å². The molecule has 0 saturated heterocycles. The first kappa shape index (κ1) is 19.6. The second-order valence-electron chi connectivity index (χ2n) is 5.23. The van der Waals surface area contributed by atoms with Crippen molar-refractivity contribution >= 4 is 23.5 Å². The van der Waals surface area contributed by atoms with Gasteiger partial charge in [-0.2, -0.15) is 5.26 Å². The monoisotopic (exact) mass is 370 g/mol. The van der Waals surface area contributed by atoms with Crippen molar-refractivity contribution in [2.24, 2.45) is 0 Å². The van der Waals surface area contributed by atoms with E-state index in [9.17, 15) is 18.8 Å². The Balaban J connectivity index is 1.90.